The number of carbonyl (C=O) groups is 2. The second-order valence-corrected chi connectivity index (χ2v) is 8.84. The summed E-state index contributed by atoms with van der Waals surface area (Å²) in [7, 11) is 1.15. The summed E-state index contributed by atoms with van der Waals surface area (Å²) >= 11 is 0. The van der Waals surface area contributed by atoms with Gasteiger partial charge in [0.05, 0.1) is 18.2 Å². The molecule has 0 aliphatic rings. The molecule has 0 aromatic heterocycles. The molecular weight excluding hydrogens is 510 g/mol. The van der Waals surface area contributed by atoms with Crippen LogP contribution in [0.1, 0.15) is 40.9 Å². The Morgan fingerprint density at radius 2 is 1.66 bits per heavy atom. The van der Waals surface area contributed by atoms with Crippen LogP contribution in [-0.4, -0.2) is 29.7 Å². The maximum Gasteiger partial charge on any atom is 0.416 e. The first kappa shape index (κ1) is 28.3. The van der Waals surface area contributed by atoms with Crippen molar-refractivity contribution in [1.82, 2.24) is 5.32 Å². The van der Waals surface area contributed by atoms with E-state index in [0.29, 0.717) is 22.6 Å². The average Bonchev–Trinajstić information content (AvgIpc) is 2.82. The van der Waals surface area contributed by atoms with Crippen molar-refractivity contribution in [2.24, 2.45) is 0 Å². The number of halogens is 4. The number of rotatable bonds is 9. The van der Waals surface area contributed by atoms with Crippen LogP contribution in [0, 0.1) is 12.7 Å². The number of amides is 1. The molecule has 3 rings (SSSR count). The van der Waals surface area contributed by atoms with Crippen LogP contribution in [0.4, 0.5) is 17.6 Å². The largest absolute Gasteiger partial charge is 0.496 e. The van der Waals surface area contributed by atoms with Crippen LogP contribution in [0.25, 0.3) is 0 Å². The zero-order valence-electron chi connectivity index (χ0n) is 20.9. The van der Waals surface area contributed by atoms with Crippen molar-refractivity contribution in [1.29, 1.82) is 0 Å². The minimum absolute atomic E-state index is 0.114. The summed E-state index contributed by atoms with van der Waals surface area (Å²) < 4.78 is 69.3. The minimum atomic E-state index is -4.60. The first-order chi connectivity index (χ1) is 17.7. The first-order valence-corrected chi connectivity index (χ1v) is 11.2. The van der Waals surface area contributed by atoms with Crippen LogP contribution in [0.3, 0.4) is 0 Å². The van der Waals surface area contributed by atoms with Crippen molar-refractivity contribution in [2.75, 3.05) is 7.11 Å². The van der Waals surface area contributed by atoms with E-state index in [1.54, 1.807) is 13.0 Å². The van der Waals surface area contributed by atoms with Gasteiger partial charge in [0.15, 0.2) is 5.60 Å². The van der Waals surface area contributed by atoms with Gasteiger partial charge in [-0.25, -0.2) is 9.18 Å². The van der Waals surface area contributed by atoms with Crippen LogP contribution >= 0.6 is 0 Å². The van der Waals surface area contributed by atoms with Gasteiger partial charge in [-0.1, -0.05) is 0 Å². The summed E-state index contributed by atoms with van der Waals surface area (Å²) in [6.07, 6.45) is -4.60. The maximum absolute atomic E-state index is 14.3. The highest BCUT2D eigenvalue weighted by Crippen LogP contribution is 2.33. The number of ether oxygens (including phenoxy) is 3. The number of alkyl halides is 3. The highest BCUT2D eigenvalue weighted by molar-refractivity contribution is 5.97. The molecule has 0 aliphatic heterocycles. The number of carbonyl (C=O) groups excluding carboxylic acids is 1. The number of hydrogen-bond donors (Lipinski definition) is 2. The number of aryl methyl sites for hydroxylation is 1. The quantitative estimate of drug-likeness (QED) is 0.321. The number of methoxy groups -OCH3 is 1. The normalized spacial score (nSPS) is 11.6. The maximum atomic E-state index is 14.3. The number of carboxylic acid groups (broad SMARTS) is 1. The summed E-state index contributed by atoms with van der Waals surface area (Å²) in [5.41, 5.74) is -1.60. The Bertz CT molecular complexity index is 1350. The third kappa shape index (κ3) is 6.93. The van der Waals surface area contributed by atoms with Crippen molar-refractivity contribution >= 4 is 11.9 Å². The molecule has 202 valence electrons. The monoisotopic (exact) mass is 535 g/mol. The van der Waals surface area contributed by atoms with Gasteiger partial charge in [-0.15, -0.1) is 0 Å². The van der Waals surface area contributed by atoms with Gasteiger partial charge in [-0.05, 0) is 80.4 Å². The fourth-order valence-corrected chi connectivity index (χ4v) is 3.37. The van der Waals surface area contributed by atoms with Crippen LogP contribution in [0.15, 0.2) is 54.6 Å². The number of hydrogen-bond acceptors (Lipinski definition) is 5. The lowest BCUT2D eigenvalue weighted by Gasteiger charge is -2.23. The van der Waals surface area contributed by atoms with Crippen molar-refractivity contribution in [3.05, 3.63) is 82.7 Å². The van der Waals surface area contributed by atoms with Gasteiger partial charge in [0.25, 0.3) is 5.91 Å². The van der Waals surface area contributed by atoms with E-state index in [1.807, 2.05) is 0 Å². The van der Waals surface area contributed by atoms with Gasteiger partial charge in [0, 0.05) is 12.6 Å². The Morgan fingerprint density at radius 3 is 2.26 bits per heavy atom. The Kier molecular flexibility index (Phi) is 8.19. The minimum Gasteiger partial charge on any atom is -0.496 e. The molecule has 0 atom stereocenters. The fraction of sp³-hybridized carbons (Fsp3) is 0.259. The molecule has 38 heavy (non-hydrogen) atoms. The van der Waals surface area contributed by atoms with Crippen LogP contribution in [-0.2, 0) is 17.5 Å². The molecule has 0 unspecified atom stereocenters. The van der Waals surface area contributed by atoms with Gasteiger partial charge in [0.1, 0.15) is 28.8 Å². The van der Waals surface area contributed by atoms with Crippen molar-refractivity contribution < 1.29 is 46.5 Å². The molecule has 7 nitrogen and oxygen atoms in total. The molecule has 0 heterocycles. The zero-order chi connectivity index (χ0) is 28.3. The molecule has 0 saturated heterocycles. The second kappa shape index (κ2) is 11.0. The number of aliphatic carboxylic acids is 1. The van der Waals surface area contributed by atoms with Gasteiger partial charge >= 0.3 is 12.1 Å². The molecule has 0 radical (unpaired) electrons. The Balaban J connectivity index is 1.72. The standard InChI is InChI=1S/C27H25F4NO6/c1-15-9-19(6-8-22(15)38-26(2,3)25(34)35)37-20-11-16(10-18(28)13-20)14-32-24(33)21-7-5-17(27(29,30)31)12-23(21)36-4/h5-13H,14H2,1-4H3,(H,32,33)(H,34,35). The zero-order valence-corrected chi connectivity index (χ0v) is 20.9. The van der Waals surface area contributed by atoms with E-state index in [-0.39, 0.29) is 23.6 Å². The van der Waals surface area contributed by atoms with Crippen LogP contribution in [0.2, 0.25) is 0 Å². The summed E-state index contributed by atoms with van der Waals surface area (Å²) in [5.74, 6) is -1.94. The number of nitrogens with one attached hydrogen (secondary N) is 1. The average molecular weight is 535 g/mol. The summed E-state index contributed by atoms with van der Waals surface area (Å²) in [6.45, 7) is 4.38. The highest BCUT2D eigenvalue weighted by Gasteiger charge is 2.32. The van der Waals surface area contributed by atoms with Crippen molar-refractivity contribution in [3.8, 4) is 23.0 Å². The Morgan fingerprint density at radius 1 is 0.947 bits per heavy atom. The molecule has 11 heteroatoms. The fourth-order valence-electron chi connectivity index (χ4n) is 3.37. The van der Waals surface area contributed by atoms with Gasteiger partial charge in [-0.2, -0.15) is 13.2 Å². The van der Waals surface area contributed by atoms with Crippen LogP contribution < -0.4 is 19.5 Å². The lowest BCUT2D eigenvalue weighted by Crippen LogP contribution is -2.38. The van der Waals surface area contributed by atoms with E-state index in [2.05, 4.69) is 5.32 Å². The predicted molar refractivity (Wildman–Crippen MR) is 129 cm³/mol. The van der Waals surface area contributed by atoms with Crippen molar-refractivity contribution in [3.63, 3.8) is 0 Å². The topological polar surface area (TPSA) is 94.1 Å². The third-order valence-corrected chi connectivity index (χ3v) is 5.42. The molecular formula is C27H25F4NO6. The van der Waals surface area contributed by atoms with E-state index in [0.717, 1.165) is 31.4 Å². The lowest BCUT2D eigenvalue weighted by atomic mass is 10.1. The molecule has 3 aromatic rings. The molecule has 0 spiro atoms. The summed E-state index contributed by atoms with van der Waals surface area (Å²) in [5, 5.41) is 11.8. The second-order valence-electron chi connectivity index (χ2n) is 8.84. The number of carboxylic acids is 1. The molecule has 0 fully saturated rings. The van der Waals surface area contributed by atoms with Gasteiger partial charge in [0.2, 0.25) is 0 Å². The number of benzene rings is 3. The van der Waals surface area contributed by atoms with Gasteiger partial charge in [-0.3, -0.25) is 4.79 Å². The predicted octanol–water partition coefficient (Wildman–Crippen LogP) is 6.13. The van der Waals surface area contributed by atoms with E-state index < -0.39 is 35.0 Å². The highest BCUT2D eigenvalue weighted by atomic mass is 19.4. The van der Waals surface area contributed by atoms with E-state index in [4.69, 9.17) is 14.2 Å². The molecule has 0 aliphatic carbocycles. The summed E-state index contributed by atoms with van der Waals surface area (Å²) in [6, 6.07) is 11.0. The lowest BCUT2D eigenvalue weighted by molar-refractivity contribution is -0.152. The van der Waals surface area contributed by atoms with Crippen molar-refractivity contribution in [2.45, 2.75) is 39.1 Å². The van der Waals surface area contributed by atoms with Gasteiger partial charge < -0.3 is 24.6 Å². The SMILES string of the molecule is COc1cc(C(F)(F)F)ccc1C(=O)NCc1cc(F)cc(Oc2ccc(OC(C)(C)C(=O)O)c(C)c2)c1. The third-order valence-electron chi connectivity index (χ3n) is 5.42. The Labute approximate surface area is 215 Å². The smallest absolute Gasteiger partial charge is 0.416 e. The molecule has 3 aromatic carbocycles. The Hall–Kier alpha value is -4.28. The molecule has 0 saturated carbocycles. The van der Waals surface area contributed by atoms with E-state index in [1.165, 1.54) is 38.1 Å². The van der Waals surface area contributed by atoms with E-state index in [9.17, 15) is 32.3 Å². The molecule has 0 bridgehead atoms. The first-order valence-electron chi connectivity index (χ1n) is 11.2. The van der Waals surface area contributed by atoms with E-state index >= 15 is 0 Å². The summed E-state index contributed by atoms with van der Waals surface area (Å²) in [4.78, 5) is 23.9. The molecule has 1 amide bonds. The van der Waals surface area contributed by atoms with Crippen LogP contribution in [0.5, 0.6) is 23.0 Å². The molecule has 2 N–H and O–H groups in total.